The monoisotopic (exact) mass is 322 g/mol. The molecule has 1 atom stereocenters. The number of benzene rings is 2. The fourth-order valence-corrected chi connectivity index (χ4v) is 2.70. The molecular weight excluding hydrogens is 303 g/mol. The molecule has 0 fully saturated rings. The molecule has 122 valence electrons. The van der Waals surface area contributed by atoms with Crippen LogP contribution in [-0.4, -0.2) is 16.9 Å². The normalized spacial score (nSPS) is 12.1. The van der Waals surface area contributed by atoms with Crippen LogP contribution >= 0.6 is 0 Å². The van der Waals surface area contributed by atoms with E-state index in [0.717, 1.165) is 10.8 Å². The second-order valence-corrected chi connectivity index (χ2v) is 5.80. The number of para-hydroxylation sites is 1. The van der Waals surface area contributed by atoms with Crippen molar-refractivity contribution < 1.29 is 9.18 Å². The van der Waals surface area contributed by atoms with Gasteiger partial charge in [0.2, 0.25) is 0 Å². The summed E-state index contributed by atoms with van der Waals surface area (Å²) in [6.07, 6.45) is 2.40. The van der Waals surface area contributed by atoms with Gasteiger partial charge in [0.1, 0.15) is 11.5 Å². The van der Waals surface area contributed by atoms with Gasteiger partial charge in [0.15, 0.2) is 0 Å². The minimum absolute atomic E-state index is 0.136. The predicted octanol–water partition coefficient (Wildman–Crippen LogP) is 4.82. The lowest BCUT2D eigenvalue weighted by Gasteiger charge is -2.28. The molecule has 3 aromatic rings. The number of amides is 1. The molecule has 3 rings (SSSR count). The summed E-state index contributed by atoms with van der Waals surface area (Å²) in [5.74, 6) is -0.702. The third-order valence-electron chi connectivity index (χ3n) is 4.21. The number of hydrogen-bond donors (Lipinski definition) is 0. The molecule has 1 aromatic heterocycles. The molecule has 1 unspecified atom stereocenters. The number of fused-ring (bicyclic) bond motifs is 1. The Morgan fingerprint density at radius 1 is 1.12 bits per heavy atom. The zero-order valence-electron chi connectivity index (χ0n) is 13.7. The topological polar surface area (TPSA) is 33.2 Å². The van der Waals surface area contributed by atoms with E-state index in [2.05, 4.69) is 4.98 Å². The highest BCUT2D eigenvalue weighted by atomic mass is 19.1. The number of carbonyl (C=O) groups is 1. The second-order valence-electron chi connectivity index (χ2n) is 5.80. The summed E-state index contributed by atoms with van der Waals surface area (Å²) in [4.78, 5) is 18.8. The lowest BCUT2D eigenvalue weighted by molar-refractivity contribution is 0.0972. The lowest BCUT2D eigenvalue weighted by Crippen LogP contribution is -2.39. The summed E-state index contributed by atoms with van der Waals surface area (Å²) < 4.78 is 14.3. The molecule has 2 aromatic carbocycles. The van der Waals surface area contributed by atoms with E-state index in [9.17, 15) is 9.18 Å². The van der Waals surface area contributed by atoms with Crippen LogP contribution < -0.4 is 4.90 Å². The summed E-state index contributed by atoms with van der Waals surface area (Å²) in [5.41, 5.74) is 0.601. The number of rotatable bonds is 4. The molecule has 0 saturated carbocycles. The third-order valence-corrected chi connectivity index (χ3v) is 4.21. The summed E-state index contributed by atoms with van der Waals surface area (Å²) in [6, 6.07) is 15.7. The highest BCUT2D eigenvalue weighted by Crippen LogP contribution is 2.25. The molecular formula is C20H19FN2O. The fourth-order valence-electron chi connectivity index (χ4n) is 2.70. The first-order valence-corrected chi connectivity index (χ1v) is 8.04. The van der Waals surface area contributed by atoms with Crippen molar-refractivity contribution in [2.45, 2.75) is 26.3 Å². The van der Waals surface area contributed by atoms with Gasteiger partial charge in [-0.2, -0.15) is 0 Å². The fraction of sp³-hybridized carbons (Fsp3) is 0.200. The van der Waals surface area contributed by atoms with Gasteiger partial charge in [-0.15, -0.1) is 0 Å². The van der Waals surface area contributed by atoms with Gasteiger partial charge in [0.05, 0.1) is 5.69 Å². The van der Waals surface area contributed by atoms with Crippen molar-refractivity contribution in [1.29, 1.82) is 0 Å². The Bertz CT molecular complexity index is 878. The van der Waals surface area contributed by atoms with E-state index in [1.54, 1.807) is 30.5 Å². The average molecular weight is 322 g/mol. The number of anilines is 1. The Morgan fingerprint density at radius 2 is 1.79 bits per heavy atom. The number of aromatic nitrogens is 1. The maximum Gasteiger partial charge on any atom is 0.277 e. The molecule has 24 heavy (non-hydrogen) atoms. The molecule has 4 heteroatoms. The minimum atomic E-state index is -0.410. The van der Waals surface area contributed by atoms with Crippen molar-refractivity contribution in [2.75, 3.05) is 4.90 Å². The maximum absolute atomic E-state index is 14.3. The standard InChI is InChI=1S/C20H19FN2O/c1-3-14(2)23(19-11-7-6-10-17(19)21)20(24)18-12-15-8-4-5-9-16(15)13-22-18/h4-14H,3H2,1-2H3. The lowest BCUT2D eigenvalue weighted by atomic mass is 10.1. The van der Waals surface area contributed by atoms with Crippen LogP contribution in [0.4, 0.5) is 10.1 Å². The van der Waals surface area contributed by atoms with Gasteiger partial charge in [-0.25, -0.2) is 4.39 Å². The SMILES string of the molecule is CCC(C)N(C(=O)c1cc2ccccc2cn1)c1ccccc1F. The van der Waals surface area contributed by atoms with Crippen molar-refractivity contribution in [2.24, 2.45) is 0 Å². The first-order chi connectivity index (χ1) is 11.6. The quantitative estimate of drug-likeness (QED) is 0.690. The molecule has 0 spiro atoms. The highest BCUT2D eigenvalue weighted by Gasteiger charge is 2.25. The van der Waals surface area contributed by atoms with E-state index >= 15 is 0 Å². The molecule has 0 radical (unpaired) electrons. The van der Waals surface area contributed by atoms with Gasteiger partial charge in [0, 0.05) is 17.6 Å². The van der Waals surface area contributed by atoms with E-state index in [4.69, 9.17) is 0 Å². The van der Waals surface area contributed by atoms with Crippen LogP contribution in [0.2, 0.25) is 0 Å². The van der Waals surface area contributed by atoms with E-state index in [0.29, 0.717) is 12.1 Å². The molecule has 0 aliphatic rings. The van der Waals surface area contributed by atoms with Crippen LogP contribution in [0, 0.1) is 5.82 Å². The van der Waals surface area contributed by atoms with Gasteiger partial charge in [-0.1, -0.05) is 43.3 Å². The van der Waals surface area contributed by atoms with E-state index in [1.165, 1.54) is 11.0 Å². The molecule has 1 amide bonds. The van der Waals surface area contributed by atoms with E-state index in [1.807, 2.05) is 38.1 Å². The average Bonchev–Trinajstić information content (AvgIpc) is 2.62. The summed E-state index contributed by atoms with van der Waals surface area (Å²) >= 11 is 0. The molecule has 1 heterocycles. The number of halogens is 1. The minimum Gasteiger partial charge on any atom is -0.301 e. The molecule has 0 saturated heterocycles. The summed E-state index contributed by atoms with van der Waals surface area (Å²) in [5, 5.41) is 1.91. The molecule has 3 nitrogen and oxygen atoms in total. The summed E-state index contributed by atoms with van der Waals surface area (Å²) in [7, 11) is 0. The molecule has 0 aliphatic carbocycles. The maximum atomic E-state index is 14.3. The Morgan fingerprint density at radius 3 is 2.50 bits per heavy atom. The van der Waals surface area contributed by atoms with Crippen LogP contribution in [0.1, 0.15) is 30.8 Å². The van der Waals surface area contributed by atoms with Crippen molar-refractivity contribution in [3.63, 3.8) is 0 Å². The van der Waals surface area contributed by atoms with Gasteiger partial charge in [0.25, 0.3) is 5.91 Å². The van der Waals surface area contributed by atoms with Crippen LogP contribution in [0.5, 0.6) is 0 Å². The predicted molar refractivity (Wildman–Crippen MR) is 94.7 cm³/mol. The van der Waals surface area contributed by atoms with Crippen LogP contribution in [0.3, 0.4) is 0 Å². The third kappa shape index (κ3) is 3.00. The van der Waals surface area contributed by atoms with Crippen molar-refractivity contribution in [3.8, 4) is 0 Å². The first kappa shape index (κ1) is 16.1. The first-order valence-electron chi connectivity index (χ1n) is 8.04. The Labute approximate surface area is 140 Å². The zero-order valence-corrected chi connectivity index (χ0v) is 13.7. The number of carbonyl (C=O) groups excluding carboxylic acids is 1. The van der Waals surface area contributed by atoms with Gasteiger partial charge < -0.3 is 4.90 Å². The van der Waals surface area contributed by atoms with E-state index < -0.39 is 5.82 Å². The van der Waals surface area contributed by atoms with Crippen molar-refractivity contribution in [1.82, 2.24) is 4.98 Å². The van der Waals surface area contributed by atoms with Gasteiger partial charge in [-0.3, -0.25) is 9.78 Å². The van der Waals surface area contributed by atoms with Crippen LogP contribution in [0.25, 0.3) is 10.8 Å². The molecule has 0 aliphatic heterocycles. The highest BCUT2D eigenvalue weighted by molar-refractivity contribution is 6.06. The van der Waals surface area contributed by atoms with Crippen LogP contribution in [0.15, 0.2) is 60.8 Å². The van der Waals surface area contributed by atoms with E-state index in [-0.39, 0.29) is 17.6 Å². The van der Waals surface area contributed by atoms with Crippen molar-refractivity contribution >= 4 is 22.4 Å². The van der Waals surface area contributed by atoms with Crippen LogP contribution in [-0.2, 0) is 0 Å². The number of nitrogens with zero attached hydrogens (tertiary/aromatic N) is 2. The number of hydrogen-bond acceptors (Lipinski definition) is 2. The summed E-state index contributed by atoms with van der Waals surface area (Å²) in [6.45, 7) is 3.88. The van der Waals surface area contributed by atoms with Gasteiger partial charge in [-0.05, 0) is 36.9 Å². The smallest absolute Gasteiger partial charge is 0.277 e. The molecule has 0 N–H and O–H groups in total. The molecule has 0 bridgehead atoms. The zero-order chi connectivity index (χ0) is 17.1. The largest absolute Gasteiger partial charge is 0.301 e. The Balaban J connectivity index is 2.06. The Hall–Kier alpha value is -2.75. The van der Waals surface area contributed by atoms with Gasteiger partial charge >= 0.3 is 0 Å². The Kier molecular flexibility index (Phi) is 4.56. The van der Waals surface area contributed by atoms with Crippen molar-refractivity contribution in [3.05, 3.63) is 72.3 Å². The number of pyridine rings is 1. The second kappa shape index (κ2) is 6.79.